The van der Waals surface area contributed by atoms with Gasteiger partial charge in [-0.05, 0) is 52.9 Å². The first-order valence-corrected chi connectivity index (χ1v) is 7.39. The maximum Gasteiger partial charge on any atom is 0.251 e. The molecule has 1 aromatic carbocycles. The number of rotatable bonds is 5. The third-order valence-electron chi connectivity index (χ3n) is 2.44. The summed E-state index contributed by atoms with van der Waals surface area (Å²) >= 11 is 7.94. The summed E-state index contributed by atoms with van der Waals surface area (Å²) < 4.78 is 6.46. The van der Waals surface area contributed by atoms with E-state index in [0.29, 0.717) is 29.6 Å². The number of carbonyl (C=O) groups is 1. The van der Waals surface area contributed by atoms with Crippen LogP contribution >= 0.6 is 34.2 Å². The van der Waals surface area contributed by atoms with Crippen molar-refractivity contribution in [3.63, 3.8) is 0 Å². The zero-order valence-electron chi connectivity index (χ0n) is 10.5. The van der Waals surface area contributed by atoms with Crippen LogP contribution in [0.15, 0.2) is 42.6 Å². The summed E-state index contributed by atoms with van der Waals surface area (Å²) in [7, 11) is 0. The summed E-state index contributed by atoms with van der Waals surface area (Å²) in [6.45, 7) is 0.780. The molecule has 1 heterocycles. The van der Waals surface area contributed by atoms with E-state index in [1.807, 2.05) is 6.07 Å². The smallest absolute Gasteiger partial charge is 0.251 e. The SMILES string of the molecule is O=C(NCCOc1ccc(I)cn1)c1ccc(Cl)cc1. The Bertz CT molecular complexity index is 573. The van der Waals surface area contributed by atoms with Crippen molar-refractivity contribution in [2.24, 2.45) is 0 Å². The number of aromatic nitrogens is 1. The zero-order chi connectivity index (χ0) is 14.4. The molecule has 0 radical (unpaired) electrons. The van der Waals surface area contributed by atoms with Gasteiger partial charge in [0.1, 0.15) is 6.61 Å². The highest BCUT2D eigenvalue weighted by Gasteiger charge is 2.04. The number of ether oxygens (including phenoxy) is 1. The molecule has 0 saturated heterocycles. The van der Waals surface area contributed by atoms with Crippen molar-refractivity contribution >= 4 is 40.1 Å². The number of pyridine rings is 1. The highest BCUT2D eigenvalue weighted by Crippen LogP contribution is 2.10. The van der Waals surface area contributed by atoms with Crippen molar-refractivity contribution in [2.75, 3.05) is 13.2 Å². The van der Waals surface area contributed by atoms with Gasteiger partial charge in [0.25, 0.3) is 5.91 Å². The van der Waals surface area contributed by atoms with E-state index in [9.17, 15) is 4.79 Å². The van der Waals surface area contributed by atoms with E-state index in [1.165, 1.54) is 0 Å². The Hall–Kier alpha value is -1.34. The highest BCUT2D eigenvalue weighted by molar-refractivity contribution is 14.1. The Labute approximate surface area is 135 Å². The first-order valence-electron chi connectivity index (χ1n) is 5.93. The third kappa shape index (κ3) is 4.64. The van der Waals surface area contributed by atoms with Crippen LogP contribution in [0.1, 0.15) is 10.4 Å². The third-order valence-corrected chi connectivity index (χ3v) is 3.33. The fraction of sp³-hybridized carbons (Fsp3) is 0.143. The van der Waals surface area contributed by atoms with Gasteiger partial charge in [0, 0.05) is 26.4 Å². The number of carbonyl (C=O) groups excluding carboxylic acids is 1. The van der Waals surface area contributed by atoms with Crippen LogP contribution in [0.5, 0.6) is 5.88 Å². The van der Waals surface area contributed by atoms with Crippen LogP contribution in [0, 0.1) is 3.57 Å². The molecular weight excluding hydrogens is 391 g/mol. The van der Waals surface area contributed by atoms with Gasteiger partial charge in [0.2, 0.25) is 5.88 Å². The van der Waals surface area contributed by atoms with Gasteiger partial charge in [0.15, 0.2) is 0 Å². The second-order valence-corrected chi connectivity index (χ2v) is 5.61. The lowest BCUT2D eigenvalue weighted by Crippen LogP contribution is -2.28. The number of hydrogen-bond donors (Lipinski definition) is 1. The van der Waals surface area contributed by atoms with Crippen molar-refractivity contribution in [3.8, 4) is 5.88 Å². The molecule has 0 fully saturated rings. The zero-order valence-corrected chi connectivity index (χ0v) is 13.4. The molecule has 0 aliphatic carbocycles. The number of benzene rings is 1. The number of amides is 1. The Balaban J connectivity index is 1.74. The Morgan fingerprint density at radius 3 is 2.65 bits per heavy atom. The van der Waals surface area contributed by atoms with Gasteiger partial charge in [-0.2, -0.15) is 0 Å². The van der Waals surface area contributed by atoms with Crippen molar-refractivity contribution in [2.45, 2.75) is 0 Å². The number of hydrogen-bond acceptors (Lipinski definition) is 3. The van der Waals surface area contributed by atoms with E-state index in [-0.39, 0.29) is 5.91 Å². The number of nitrogens with zero attached hydrogens (tertiary/aromatic N) is 1. The molecular formula is C14H12ClIN2O2. The molecule has 2 aromatic rings. The maximum atomic E-state index is 11.8. The summed E-state index contributed by atoms with van der Waals surface area (Å²) in [5.74, 6) is 0.395. The van der Waals surface area contributed by atoms with E-state index >= 15 is 0 Å². The average Bonchev–Trinajstić information content (AvgIpc) is 2.46. The van der Waals surface area contributed by atoms with E-state index in [2.05, 4.69) is 32.9 Å². The molecule has 20 heavy (non-hydrogen) atoms. The highest BCUT2D eigenvalue weighted by atomic mass is 127. The average molecular weight is 403 g/mol. The topological polar surface area (TPSA) is 51.2 Å². The predicted molar refractivity (Wildman–Crippen MR) is 86.2 cm³/mol. The molecule has 0 atom stereocenters. The summed E-state index contributed by atoms with van der Waals surface area (Å²) in [5, 5.41) is 3.37. The Morgan fingerprint density at radius 2 is 2.00 bits per heavy atom. The van der Waals surface area contributed by atoms with Crippen LogP contribution in [0.4, 0.5) is 0 Å². The second kappa shape index (κ2) is 7.44. The van der Waals surface area contributed by atoms with E-state index in [4.69, 9.17) is 16.3 Å². The van der Waals surface area contributed by atoms with Crippen LogP contribution in [-0.4, -0.2) is 24.0 Å². The molecule has 0 spiro atoms. The molecule has 0 aliphatic heterocycles. The standard InChI is InChI=1S/C14H12ClIN2O2/c15-11-3-1-10(2-4-11)14(19)17-7-8-20-13-6-5-12(16)9-18-13/h1-6,9H,7-8H2,(H,17,19). The minimum Gasteiger partial charge on any atom is -0.476 e. The molecule has 0 unspecified atom stereocenters. The Morgan fingerprint density at radius 1 is 1.25 bits per heavy atom. The van der Waals surface area contributed by atoms with Gasteiger partial charge in [0.05, 0.1) is 6.54 Å². The largest absolute Gasteiger partial charge is 0.476 e. The number of nitrogens with one attached hydrogen (secondary N) is 1. The summed E-state index contributed by atoms with van der Waals surface area (Å²) in [5.41, 5.74) is 0.571. The lowest BCUT2D eigenvalue weighted by atomic mass is 10.2. The van der Waals surface area contributed by atoms with Gasteiger partial charge >= 0.3 is 0 Å². The van der Waals surface area contributed by atoms with Crippen LogP contribution in [0.3, 0.4) is 0 Å². The molecule has 0 bridgehead atoms. The van der Waals surface area contributed by atoms with Gasteiger partial charge in [-0.3, -0.25) is 4.79 Å². The molecule has 0 aliphatic rings. The summed E-state index contributed by atoms with van der Waals surface area (Å²) in [6, 6.07) is 10.4. The summed E-state index contributed by atoms with van der Waals surface area (Å²) in [6.07, 6.45) is 1.72. The molecule has 0 saturated carbocycles. The maximum absolute atomic E-state index is 11.8. The van der Waals surface area contributed by atoms with Crippen LogP contribution in [0.2, 0.25) is 5.02 Å². The van der Waals surface area contributed by atoms with Gasteiger partial charge in [-0.15, -0.1) is 0 Å². The first kappa shape index (κ1) is 15.1. The van der Waals surface area contributed by atoms with Crippen LogP contribution in [0.25, 0.3) is 0 Å². The lowest BCUT2D eigenvalue weighted by molar-refractivity contribution is 0.0946. The molecule has 4 nitrogen and oxygen atoms in total. The van der Waals surface area contributed by atoms with Crippen molar-refractivity contribution in [1.29, 1.82) is 0 Å². The molecule has 1 N–H and O–H groups in total. The van der Waals surface area contributed by atoms with Crippen molar-refractivity contribution in [1.82, 2.24) is 10.3 Å². The van der Waals surface area contributed by atoms with Crippen molar-refractivity contribution in [3.05, 3.63) is 56.8 Å². The van der Waals surface area contributed by atoms with Gasteiger partial charge in [-0.1, -0.05) is 11.6 Å². The Kier molecular flexibility index (Phi) is 5.60. The monoisotopic (exact) mass is 402 g/mol. The van der Waals surface area contributed by atoms with Crippen LogP contribution in [-0.2, 0) is 0 Å². The van der Waals surface area contributed by atoms with Crippen molar-refractivity contribution < 1.29 is 9.53 Å². The normalized spacial score (nSPS) is 10.1. The lowest BCUT2D eigenvalue weighted by Gasteiger charge is -2.07. The predicted octanol–water partition coefficient (Wildman–Crippen LogP) is 3.15. The van der Waals surface area contributed by atoms with Gasteiger partial charge in [-0.25, -0.2) is 4.98 Å². The minimum atomic E-state index is -0.152. The summed E-state index contributed by atoms with van der Waals surface area (Å²) in [4.78, 5) is 15.9. The van der Waals surface area contributed by atoms with E-state index in [1.54, 1.807) is 36.5 Å². The quantitative estimate of drug-likeness (QED) is 0.617. The molecule has 1 amide bonds. The van der Waals surface area contributed by atoms with E-state index < -0.39 is 0 Å². The van der Waals surface area contributed by atoms with Crippen LogP contribution < -0.4 is 10.1 Å². The van der Waals surface area contributed by atoms with Gasteiger partial charge < -0.3 is 10.1 Å². The molecule has 1 aromatic heterocycles. The minimum absolute atomic E-state index is 0.152. The first-order chi connectivity index (χ1) is 9.65. The second-order valence-electron chi connectivity index (χ2n) is 3.93. The van der Waals surface area contributed by atoms with E-state index in [0.717, 1.165) is 3.57 Å². The number of halogens is 2. The molecule has 2 rings (SSSR count). The fourth-order valence-corrected chi connectivity index (χ4v) is 1.92. The fourth-order valence-electron chi connectivity index (χ4n) is 1.47. The molecule has 6 heteroatoms. The molecule has 104 valence electrons.